The summed E-state index contributed by atoms with van der Waals surface area (Å²) in [5.41, 5.74) is 2.06. The Bertz CT molecular complexity index is 434. The van der Waals surface area contributed by atoms with E-state index in [0.29, 0.717) is 19.8 Å². The zero-order valence-corrected chi connectivity index (χ0v) is 13.5. The maximum absolute atomic E-state index is 11.4. The molecular formula is C17H27NO3. The van der Waals surface area contributed by atoms with E-state index in [1.165, 1.54) is 5.56 Å². The van der Waals surface area contributed by atoms with Crippen LogP contribution in [0.5, 0.6) is 0 Å². The van der Waals surface area contributed by atoms with Crippen LogP contribution in [0.1, 0.15) is 51.3 Å². The molecule has 0 bridgehead atoms. The standard InChI is InChI=1S/C17H27NO3/c1-5-21-12-6-11-18-15(16(19)20)13-7-9-14(10-8-13)17(2,3)4/h7-10,15,18H,5-6,11-12H2,1-4H3,(H,19,20). The van der Waals surface area contributed by atoms with E-state index in [4.69, 9.17) is 4.74 Å². The molecule has 1 atom stereocenters. The minimum Gasteiger partial charge on any atom is -0.480 e. The maximum atomic E-state index is 11.4. The summed E-state index contributed by atoms with van der Waals surface area (Å²) in [5, 5.41) is 12.4. The van der Waals surface area contributed by atoms with Crippen molar-refractivity contribution in [2.75, 3.05) is 19.8 Å². The minimum atomic E-state index is -0.852. The number of carboxylic acids is 1. The lowest BCUT2D eigenvalue weighted by Gasteiger charge is -2.20. The van der Waals surface area contributed by atoms with Crippen LogP contribution in [0.3, 0.4) is 0 Å². The predicted molar refractivity (Wildman–Crippen MR) is 84.6 cm³/mol. The predicted octanol–water partition coefficient (Wildman–Crippen LogP) is 3.13. The van der Waals surface area contributed by atoms with Crippen LogP contribution in [0.25, 0.3) is 0 Å². The summed E-state index contributed by atoms with van der Waals surface area (Å²) in [4.78, 5) is 11.4. The highest BCUT2D eigenvalue weighted by Gasteiger charge is 2.20. The zero-order valence-electron chi connectivity index (χ0n) is 13.5. The van der Waals surface area contributed by atoms with Crippen molar-refractivity contribution in [3.63, 3.8) is 0 Å². The van der Waals surface area contributed by atoms with Crippen LogP contribution in [0.4, 0.5) is 0 Å². The third-order valence-corrected chi connectivity index (χ3v) is 3.38. The Morgan fingerprint density at radius 3 is 2.38 bits per heavy atom. The number of ether oxygens (including phenoxy) is 1. The molecule has 0 saturated heterocycles. The van der Waals surface area contributed by atoms with Crippen LogP contribution >= 0.6 is 0 Å². The van der Waals surface area contributed by atoms with Crippen LogP contribution in [-0.2, 0) is 14.9 Å². The first-order valence-electron chi connectivity index (χ1n) is 7.50. The molecule has 2 N–H and O–H groups in total. The molecule has 0 aromatic heterocycles. The quantitative estimate of drug-likeness (QED) is 0.723. The lowest BCUT2D eigenvalue weighted by molar-refractivity contribution is -0.139. The van der Waals surface area contributed by atoms with E-state index in [1.807, 2.05) is 31.2 Å². The summed E-state index contributed by atoms with van der Waals surface area (Å²) in [5.74, 6) is -0.852. The molecule has 4 heteroatoms. The molecule has 1 unspecified atom stereocenters. The Labute approximate surface area is 127 Å². The molecule has 0 aliphatic heterocycles. The second-order valence-corrected chi connectivity index (χ2v) is 6.15. The number of benzene rings is 1. The minimum absolute atomic E-state index is 0.0716. The van der Waals surface area contributed by atoms with Crippen molar-refractivity contribution in [3.05, 3.63) is 35.4 Å². The van der Waals surface area contributed by atoms with Crippen molar-refractivity contribution in [1.29, 1.82) is 0 Å². The first kappa shape index (κ1) is 17.7. The van der Waals surface area contributed by atoms with Crippen LogP contribution in [0, 0.1) is 0 Å². The summed E-state index contributed by atoms with van der Waals surface area (Å²) >= 11 is 0. The molecule has 1 rings (SSSR count). The molecule has 118 valence electrons. The molecule has 1 aromatic rings. The van der Waals surface area contributed by atoms with Gasteiger partial charge in [0.25, 0.3) is 0 Å². The number of aliphatic carboxylic acids is 1. The first-order valence-corrected chi connectivity index (χ1v) is 7.50. The van der Waals surface area contributed by atoms with Gasteiger partial charge in [0.15, 0.2) is 0 Å². The summed E-state index contributed by atoms with van der Waals surface area (Å²) < 4.78 is 5.25. The Morgan fingerprint density at radius 1 is 1.29 bits per heavy atom. The summed E-state index contributed by atoms with van der Waals surface area (Å²) in [6.07, 6.45) is 0.803. The molecule has 0 heterocycles. The fourth-order valence-corrected chi connectivity index (χ4v) is 2.09. The largest absolute Gasteiger partial charge is 0.480 e. The van der Waals surface area contributed by atoms with Crippen LogP contribution < -0.4 is 5.32 Å². The van der Waals surface area contributed by atoms with Crippen molar-refractivity contribution in [2.45, 2.75) is 45.6 Å². The van der Waals surface area contributed by atoms with E-state index in [1.54, 1.807) is 0 Å². The highest BCUT2D eigenvalue weighted by atomic mass is 16.5. The van der Waals surface area contributed by atoms with E-state index in [2.05, 4.69) is 26.1 Å². The number of rotatable bonds is 8. The van der Waals surface area contributed by atoms with Gasteiger partial charge < -0.3 is 15.2 Å². The second kappa shape index (κ2) is 8.15. The molecule has 0 aliphatic carbocycles. The molecule has 21 heavy (non-hydrogen) atoms. The number of carboxylic acid groups (broad SMARTS) is 1. The summed E-state index contributed by atoms with van der Waals surface area (Å²) in [6.45, 7) is 10.3. The van der Waals surface area contributed by atoms with Crippen molar-refractivity contribution in [2.24, 2.45) is 0 Å². The van der Waals surface area contributed by atoms with Crippen molar-refractivity contribution in [1.82, 2.24) is 5.32 Å². The van der Waals surface area contributed by atoms with Gasteiger partial charge in [-0.3, -0.25) is 4.79 Å². The normalized spacial score (nSPS) is 13.1. The molecule has 0 aliphatic rings. The lowest BCUT2D eigenvalue weighted by atomic mass is 9.86. The Hall–Kier alpha value is -1.39. The van der Waals surface area contributed by atoms with Gasteiger partial charge in [-0.05, 0) is 36.4 Å². The molecular weight excluding hydrogens is 266 g/mol. The van der Waals surface area contributed by atoms with Gasteiger partial charge >= 0.3 is 5.97 Å². The molecule has 4 nitrogen and oxygen atoms in total. The average Bonchev–Trinajstić information content (AvgIpc) is 2.41. The maximum Gasteiger partial charge on any atom is 0.325 e. The van der Waals surface area contributed by atoms with Gasteiger partial charge in [0.2, 0.25) is 0 Å². The molecule has 0 fully saturated rings. The van der Waals surface area contributed by atoms with Crippen molar-refractivity contribution >= 4 is 5.97 Å². The SMILES string of the molecule is CCOCCCNC(C(=O)O)c1ccc(C(C)(C)C)cc1. The van der Waals surface area contributed by atoms with Crippen molar-refractivity contribution in [3.8, 4) is 0 Å². The van der Waals surface area contributed by atoms with Gasteiger partial charge in [0, 0.05) is 13.2 Å². The van der Waals surface area contributed by atoms with E-state index < -0.39 is 12.0 Å². The second-order valence-electron chi connectivity index (χ2n) is 6.15. The van der Waals surface area contributed by atoms with E-state index in [9.17, 15) is 9.90 Å². The first-order chi connectivity index (χ1) is 9.86. The van der Waals surface area contributed by atoms with Crippen LogP contribution in [0.2, 0.25) is 0 Å². The molecule has 1 aromatic carbocycles. The highest BCUT2D eigenvalue weighted by Crippen LogP contribution is 2.24. The molecule has 0 spiro atoms. The number of nitrogens with one attached hydrogen (secondary N) is 1. The highest BCUT2D eigenvalue weighted by molar-refractivity contribution is 5.75. The number of carbonyl (C=O) groups is 1. The average molecular weight is 293 g/mol. The Morgan fingerprint density at radius 2 is 1.90 bits per heavy atom. The summed E-state index contributed by atoms with van der Waals surface area (Å²) in [6, 6.07) is 7.14. The van der Waals surface area contributed by atoms with Gasteiger partial charge in [-0.25, -0.2) is 0 Å². The van der Waals surface area contributed by atoms with Gasteiger partial charge in [-0.15, -0.1) is 0 Å². The Kier molecular flexibility index (Phi) is 6.85. The topological polar surface area (TPSA) is 58.6 Å². The fraction of sp³-hybridized carbons (Fsp3) is 0.588. The zero-order chi connectivity index (χ0) is 15.9. The third-order valence-electron chi connectivity index (χ3n) is 3.38. The third kappa shape index (κ3) is 5.86. The molecule has 0 radical (unpaired) electrons. The number of hydrogen-bond donors (Lipinski definition) is 2. The van der Waals surface area contributed by atoms with E-state index in [0.717, 1.165) is 12.0 Å². The number of hydrogen-bond acceptors (Lipinski definition) is 3. The monoisotopic (exact) mass is 293 g/mol. The fourth-order valence-electron chi connectivity index (χ4n) is 2.09. The summed E-state index contributed by atoms with van der Waals surface area (Å²) in [7, 11) is 0. The smallest absolute Gasteiger partial charge is 0.325 e. The van der Waals surface area contributed by atoms with Gasteiger partial charge in [0.1, 0.15) is 6.04 Å². The van der Waals surface area contributed by atoms with Crippen LogP contribution in [0.15, 0.2) is 24.3 Å². The Balaban J connectivity index is 2.66. The molecule has 0 amide bonds. The van der Waals surface area contributed by atoms with Gasteiger partial charge in [-0.1, -0.05) is 45.0 Å². The lowest BCUT2D eigenvalue weighted by Crippen LogP contribution is -2.30. The van der Waals surface area contributed by atoms with E-state index in [-0.39, 0.29) is 5.41 Å². The van der Waals surface area contributed by atoms with Gasteiger partial charge in [-0.2, -0.15) is 0 Å². The molecule has 0 saturated carbocycles. The van der Waals surface area contributed by atoms with Gasteiger partial charge in [0.05, 0.1) is 0 Å². The van der Waals surface area contributed by atoms with E-state index >= 15 is 0 Å². The van der Waals surface area contributed by atoms with Crippen molar-refractivity contribution < 1.29 is 14.6 Å². The van der Waals surface area contributed by atoms with Crippen LogP contribution in [-0.4, -0.2) is 30.8 Å².